The molecule has 0 radical (unpaired) electrons. The van der Waals surface area contributed by atoms with Crippen LogP contribution in [0.1, 0.15) is 40.0 Å². The first kappa shape index (κ1) is 16.2. The van der Waals surface area contributed by atoms with Gasteiger partial charge in [-0.05, 0) is 45.6 Å². The summed E-state index contributed by atoms with van der Waals surface area (Å²) >= 11 is 0. The average molecular weight is 266 g/mol. The summed E-state index contributed by atoms with van der Waals surface area (Å²) in [5.74, 6) is 0.212. The van der Waals surface area contributed by atoms with Gasteiger partial charge >= 0.3 is 0 Å². The number of hydrogen-bond donors (Lipinski definition) is 1. The van der Waals surface area contributed by atoms with Crippen LogP contribution in [0, 0.1) is 5.92 Å². The van der Waals surface area contributed by atoms with Crippen molar-refractivity contribution in [2.75, 3.05) is 13.2 Å². The Morgan fingerprint density at radius 1 is 1.58 bits per heavy atom. The highest BCUT2D eigenvalue weighted by Crippen LogP contribution is 2.31. The van der Waals surface area contributed by atoms with Crippen LogP contribution < -0.4 is 0 Å². The second kappa shape index (κ2) is 8.31. The molecule has 0 aromatic carbocycles. The number of hydrogen-bond acceptors (Lipinski definition) is 3. The molecule has 0 aromatic rings. The van der Waals surface area contributed by atoms with Crippen molar-refractivity contribution in [3.05, 3.63) is 35.5 Å². The van der Waals surface area contributed by atoms with E-state index in [1.165, 1.54) is 5.57 Å². The van der Waals surface area contributed by atoms with E-state index in [1.807, 2.05) is 19.9 Å². The molecule has 0 saturated carbocycles. The quantitative estimate of drug-likeness (QED) is 0.331. The highest BCUT2D eigenvalue weighted by molar-refractivity contribution is 5.18. The van der Waals surface area contributed by atoms with E-state index in [1.54, 1.807) is 0 Å². The van der Waals surface area contributed by atoms with Gasteiger partial charge in [0, 0.05) is 5.92 Å². The summed E-state index contributed by atoms with van der Waals surface area (Å²) in [5.41, 5.74) is 3.43. The van der Waals surface area contributed by atoms with Crippen molar-refractivity contribution >= 4 is 0 Å². The van der Waals surface area contributed by atoms with Gasteiger partial charge in [0.2, 0.25) is 0 Å². The van der Waals surface area contributed by atoms with Crippen molar-refractivity contribution in [3.8, 4) is 0 Å². The Morgan fingerprint density at radius 3 is 2.89 bits per heavy atom. The van der Waals surface area contributed by atoms with Gasteiger partial charge in [-0.1, -0.05) is 23.3 Å². The number of rotatable bonds is 7. The number of allylic oxidation sites excluding steroid dienone is 2. The summed E-state index contributed by atoms with van der Waals surface area (Å²) < 4.78 is 0. The minimum Gasteiger partial charge on any atom is -0.392 e. The van der Waals surface area contributed by atoms with Crippen LogP contribution in [-0.4, -0.2) is 24.4 Å². The zero-order valence-electron chi connectivity index (χ0n) is 12.3. The van der Waals surface area contributed by atoms with E-state index in [-0.39, 0.29) is 18.6 Å². The average Bonchev–Trinajstić information content (AvgIpc) is 2.38. The third-order valence-electron chi connectivity index (χ3n) is 3.52. The molecule has 2 unspecified atom stereocenters. The fourth-order valence-electron chi connectivity index (χ4n) is 2.28. The van der Waals surface area contributed by atoms with Crippen molar-refractivity contribution in [2.24, 2.45) is 5.92 Å². The summed E-state index contributed by atoms with van der Waals surface area (Å²) in [5, 5.41) is 9.41. The van der Waals surface area contributed by atoms with Crippen LogP contribution in [-0.2, 0) is 9.78 Å². The zero-order valence-corrected chi connectivity index (χ0v) is 12.3. The van der Waals surface area contributed by atoms with E-state index in [0.717, 1.165) is 30.4 Å². The van der Waals surface area contributed by atoms with Gasteiger partial charge in [0.05, 0.1) is 13.2 Å². The van der Waals surface area contributed by atoms with Crippen LogP contribution in [0.25, 0.3) is 0 Å². The van der Waals surface area contributed by atoms with Crippen molar-refractivity contribution in [3.63, 3.8) is 0 Å². The molecule has 0 aromatic heterocycles. The molecule has 3 heteroatoms. The minimum absolute atomic E-state index is 0.0830. The summed E-state index contributed by atoms with van der Waals surface area (Å²) in [6, 6.07) is 0. The Labute approximate surface area is 116 Å². The maximum atomic E-state index is 9.41. The van der Waals surface area contributed by atoms with E-state index in [9.17, 15) is 5.11 Å². The lowest BCUT2D eigenvalue weighted by Gasteiger charge is -2.30. The molecule has 0 saturated heterocycles. The van der Waals surface area contributed by atoms with Gasteiger partial charge in [-0.3, -0.25) is 0 Å². The topological polar surface area (TPSA) is 38.7 Å². The van der Waals surface area contributed by atoms with E-state index < -0.39 is 0 Å². The Bertz CT molecular complexity index is 355. The molecule has 0 bridgehead atoms. The first-order valence-electron chi connectivity index (χ1n) is 6.94. The number of aliphatic hydroxyl groups excluding tert-OH is 1. The molecule has 1 N–H and O–H groups in total. The summed E-state index contributed by atoms with van der Waals surface area (Å²) in [6.07, 6.45) is 6.83. The largest absolute Gasteiger partial charge is 0.392 e. The smallest absolute Gasteiger partial charge is 0.118 e. The lowest BCUT2D eigenvalue weighted by Crippen LogP contribution is -2.28. The van der Waals surface area contributed by atoms with Gasteiger partial charge in [0.1, 0.15) is 6.10 Å². The fraction of sp³-hybridized carbons (Fsp3) is 0.625. The molecule has 1 rings (SSSR count). The van der Waals surface area contributed by atoms with Gasteiger partial charge in [0.15, 0.2) is 0 Å². The predicted octanol–water partition coefficient (Wildman–Crippen LogP) is 3.56. The molecular formula is C16H26O3. The SMILES string of the molecule is C=C(C)CCOOC1C=C(C)CCC1/C(=C\C)CO. The monoisotopic (exact) mass is 266 g/mol. The highest BCUT2D eigenvalue weighted by Gasteiger charge is 2.27. The van der Waals surface area contributed by atoms with Crippen LogP contribution in [0.2, 0.25) is 0 Å². The van der Waals surface area contributed by atoms with Gasteiger partial charge in [-0.15, -0.1) is 6.58 Å². The normalized spacial score (nSPS) is 24.2. The highest BCUT2D eigenvalue weighted by atomic mass is 17.2. The Kier molecular flexibility index (Phi) is 7.06. The van der Waals surface area contributed by atoms with Crippen LogP contribution in [0.3, 0.4) is 0 Å². The van der Waals surface area contributed by atoms with Crippen molar-refractivity contribution < 1.29 is 14.9 Å². The summed E-state index contributed by atoms with van der Waals surface area (Å²) in [4.78, 5) is 10.8. The van der Waals surface area contributed by atoms with Gasteiger partial charge < -0.3 is 5.11 Å². The molecule has 0 heterocycles. The molecular weight excluding hydrogens is 240 g/mol. The fourth-order valence-corrected chi connectivity index (χ4v) is 2.28. The van der Waals surface area contributed by atoms with Crippen LogP contribution in [0.4, 0.5) is 0 Å². The van der Waals surface area contributed by atoms with Gasteiger partial charge in [-0.25, -0.2) is 9.78 Å². The van der Waals surface area contributed by atoms with Gasteiger partial charge in [0.25, 0.3) is 0 Å². The molecule has 0 spiro atoms. The first-order valence-corrected chi connectivity index (χ1v) is 6.94. The lowest BCUT2D eigenvalue weighted by molar-refractivity contribution is -0.321. The summed E-state index contributed by atoms with van der Waals surface area (Å²) in [7, 11) is 0. The molecule has 0 fully saturated rings. The van der Waals surface area contributed by atoms with E-state index in [4.69, 9.17) is 9.78 Å². The maximum Gasteiger partial charge on any atom is 0.118 e. The van der Waals surface area contributed by atoms with Crippen LogP contribution in [0.15, 0.2) is 35.5 Å². The third kappa shape index (κ3) is 5.31. The van der Waals surface area contributed by atoms with E-state index >= 15 is 0 Å². The predicted molar refractivity (Wildman–Crippen MR) is 77.6 cm³/mol. The van der Waals surface area contributed by atoms with Crippen molar-refractivity contribution in [1.29, 1.82) is 0 Å². The second-order valence-electron chi connectivity index (χ2n) is 5.27. The van der Waals surface area contributed by atoms with E-state index in [0.29, 0.717) is 6.61 Å². The van der Waals surface area contributed by atoms with Crippen molar-refractivity contribution in [2.45, 2.75) is 46.1 Å². The van der Waals surface area contributed by atoms with Crippen molar-refractivity contribution in [1.82, 2.24) is 0 Å². The third-order valence-corrected chi connectivity index (χ3v) is 3.52. The Balaban J connectivity index is 2.58. The molecule has 108 valence electrons. The number of aliphatic hydroxyl groups is 1. The Hall–Kier alpha value is -0.900. The molecule has 1 aliphatic rings. The minimum atomic E-state index is -0.0998. The molecule has 1 aliphatic carbocycles. The lowest BCUT2D eigenvalue weighted by atomic mass is 9.82. The van der Waals surface area contributed by atoms with E-state index in [2.05, 4.69) is 19.6 Å². The van der Waals surface area contributed by atoms with Gasteiger partial charge in [-0.2, -0.15) is 0 Å². The molecule has 0 aliphatic heterocycles. The zero-order chi connectivity index (χ0) is 14.3. The standard InChI is InChI=1S/C16H26O3/c1-5-14(11-17)15-7-6-13(4)10-16(15)19-18-9-8-12(2)3/h5,10,15-17H,2,6-9,11H2,1,3-4H3/b14-5-. The summed E-state index contributed by atoms with van der Waals surface area (Å²) in [6.45, 7) is 10.5. The first-order chi connectivity index (χ1) is 9.08. The molecule has 2 atom stereocenters. The van der Waals surface area contributed by atoms with Crippen LogP contribution >= 0.6 is 0 Å². The molecule has 19 heavy (non-hydrogen) atoms. The Morgan fingerprint density at radius 2 is 2.32 bits per heavy atom. The molecule has 0 amide bonds. The van der Waals surface area contributed by atoms with Crippen LogP contribution in [0.5, 0.6) is 0 Å². The molecule has 3 nitrogen and oxygen atoms in total. The second-order valence-corrected chi connectivity index (χ2v) is 5.27. The maximum absolute atomic E-state index is 9.41.